The summed E-state index contributed by atoms with van der Waals surface area (Å²) in [5, 5.41) is 8.15. The van der Waals surface area contributed by atoms with Crippen LogP contribution in [0.4, 0.5) is 0 Å². The van der Waals surface area contributed by atoms with Crippen molar-refractivity contribution in [2.45, 2.75) is 69.1 Å². The molecule has 13 nitrogen and oxygen atoms in total. The highest BCUT2D eigenvalue weighted by molar-refractivity contribution is 9.10. The molecule has 0 radical (unpaired) electrons. The number of nitrogens with two attached hydrogens (primary N) is 5. The topological polar surface area (TPSA) is 247 Å². The zero-order valence-electron chi connectivity index (χ0n) is 24.7. The number of halogens is 1. The Bertz CT molecular complexity index is 1240. The van der Waals surface area contributed by atoms with Gasteiger partial charge in [-0.3, -0.25) is 24.2 Å². The second kappa shape index (κ2) is 19.3. The van der Waals surface area contributed by atoms with Crippen molar-refractivity contribution in [3.05, 3.63) is 70.2 Å². The molecule has 4 amide bonds. The number of guanidine groups is 1. The van der Waals surface area contributed by atoms with E-state index in [0.29, 0.717) is 32.2 Å². The van der Waals surface area contributed by atoms with Gasteiger partial charge in [0.15, 0.2) is 5.96 Å². The molecule has 0 heterocycles. The van der Waals surface area contributed by atoms with E-state index in [4.69, 9.17) is 28.7 Å². The zero-order chi connectivity index (χ0) is 32.5. The van der Waals surface area contributed by atoms with Crippen LogP contribution < -0.4 is 44.6 Å². The largest absolute Gasteiger partial charge is 0.370 e. The number of nitrogens with one attached hydrogen (secondary N) is 3. The fourth-order valence-corrected chi connectivity index (χ4v) is 4.66. The molecule has 0 fully saturated rings. The molecule has 0 unspecified atom stereocenters. The van der Waals surface area contributed by atoms with Crippen molar-refractivity contribution < 1.29 is 19.2 Å². The Labute approximate surface area is 266 Å². The minimum Gasteiger partial charge on any atom is -0.370 e. The van der Waals surface area contributed by atoms with Crippen molar-refractivity contribution in [3.63, 3.8) is 0 Å². The molecule has 240 valence electrons. The molecular weight excluding hydrogens is 630 g/mol. The minimum atomic E-state index is -1.07. The summed E-state index contributed by atoms with van der Waals surface area (Å²) >= 11 is 3.38. The monoisotopic (exact) mass is 673 g/mol. The Balaban J connectivity index is 2.23. The van der Waals surface area contributed by atoms with E-state index < -0.39 is 47.8 Å². The van der Waals surface area contributed by atoms with E-state index in [1.807, 2.05) is 54.6 Å². The number of aliphatic imine (C=N–C) groups is 1. The molecule has 0 spiro atoms. The molecular formula is C30H44BrN9O4. The van der Waals surface area contributed by atoms with Crippen molar-refractivity contribution in [1.82, 2.24) is 16.0 Å². The van der Waals surface area contributed by atoms with Crippen LogP contribution in [-0.4, -0.2) is 66.8 Å². The average molecular weight is 675 g/mol. The first-order chi connectivity index (χ1) is 21.0. The quantitative estimate of drug-likeness (QED) is 0.0556. The minimum absolute atomic E-state index is 0.0957. The number of hydrogen-bond donors (Lipinski definition) is 8. The summed E-state index contributed by atoms with van der Waals surface area (Å²) in [5.74, 6) is -2.51. The van der Waals surface area contributed by atoms with Crippen LogP contribution in [0.3, 0.4) is 0 Å². The van der Waals surface area contributed by atoms with Gasteiger partial charge in [-0.2, -0.15) is 0 Å². The molecule has 4 atom stereocenters. The number of rotatable bonds is 19. The average Bonchev–Trinajstić information content (AvgIpc) is 2.99. The first-order valence-electron chi connectivity index (χ1n) is 14.5. The zero-order valence-corrected chi connectivity index (χ0v) is 26.3. The summed E-state index contributed by atoms with van der Waals surface area (Å²) in [4.78, 5) is 56.2. The third-order valence-corrected chi connectivity index (χ3v) is 7.34. The van der Waals surface area contributed by atoms with E-state index in [9.17, 15) is 19.2 Å². The van der Waals surface area contributed by atoms with Crippen molar-refractivity contribution in [1.29, 1.82) is 0 Å². The lowest BCUT2D eigenvalue weighted by Crippen LogP contribution is -2.58. The highest BCUT2D eigenvalue weighted by atomic mass is 79.9. The number of carbonyl (C=O) groups is 4. The normalized spacial score (nSPS) is 13.5. The molecule has 2 aromatic rings. The predicted molar refractivity (Wildman–Crippen MR) is 174 cm³/mol. The summed E-state index contributed by atoms with van der Waals surface area (Å²) in [6.45, 7) is 0.666. The van der Waals surface area contributed by atoms with Crippen molar-refractivity contribution in [3.8, 4) is 0 Å². The van der Waals surface area contributed by atoms with Crippen LogP contribution in [0.2, 0.25) is 0 Å². The summed E-state index contributed by atoms with van der Waals surface area (Å²) < 4.78 is 0.892. The number of nitrogens with zero attached hydrogens (tertiary/aromatic N) is 1. The number of primary amides is 1. The van der Waals surface area contributed by atoms with Gasteiger partial charge in [-0.05, 0) is 68.3 Å². The van der Waals surface area contributed by atoms with Crippen LogP contribution in [0.15, 0.2) is 64.1 Å². The maximum atomic E-state index is 13.6. The maximum absolute atomic E-state index is 13.6. The molecule has 13 N–H and O–H groups in total. The Morgan fingerprint density at radius 2 is 1.27 bits per heavy atom. The number of benzene rings is 2. The molecule has 0 aliphatic carbocycles. The molecule has 14 heteroatoms. The van der Waals surface area contributed by atoms with Gasteiger partial charge in [-0.25, -0.2) is 0 Å². The molecule has 0 bridgehead atoms. The van der Waals surface area contributed by atoms with E-state index in [1.165, 1.54) is 0 Å². The van der Waals surface area contributed by atoms with Gasteiger partial charge in [0.05, 0.1) is 6.04 Å². The lowest BCUT2D eigenvalue weighted by Gasteiger charge is -2.25. The van der Waals surface area contributed by atoms with Crippen molar-refractivity contribution in [2.24, 2.45) is 33.7 Å². The van der Waals surface area contributed by atoms with Gasteiger partial charge in [-0.1, -0.05) is 58.4 Å². The Hall–Kier alpha value is -4.01. The fraction of sp³-hybridized carbons (Fsp3) is 0.433. The first-order valence-corrected chi connectivity index (χ1v) is 15.3. The molecule has 0 saturated heterocycles. The lowest BCUT2D eigenvalue weighted by molar-refractivity contribution is -0.133. The highest BCUT2D eigenvalue weighted by Gasteiger charge is 2.30. The molecule has 0 saturated carbocycles. The van der Waals surface area contributed by atoms with Crippen LogP contribution in [0, 0.1) is 0 Å². The maximum Gasteiger partial charge on any atom is 0.243 e. The second-order valence-corrected chi connectivity index (χ2v) is 11.4. The Kier molecular flexibility index (Phi) is 15.9. The lowest BCUT2D eigenvalue weighted by atomic mass is 10.0. The van der Waals surface area contributed by atoms with Crippen LogP contribution >= 0.6 is 15.9 Å². The summed E-state index contributed by atoms with van der Waals surface area (Å²) in [6.07, 6.45) is 2.47. The Morgan fingerprint density at radius 1 is 0.705 bits per heavy atom. The van der Waals surface area contributed by atoms with E-state index in [0.717, 1.165) is 15.6 Å². The third kappa shape index (κ3) is 13.5. The number of carbonyl (C=O) groups excluding carboxylic acids is 4. The van der Waals surface area contributed by atoms with Gasteiger partial charge in [0.25, 0.3) is 0 Å². The predicted octanol–water partition coefficient (Wildman–Crippen LogP) is -0.316. The SMILES string of the molecule is NCCCC[C@H](NC(=O)[C@H](Cc1ccccc1)NC(=O)[C@@H](CCCN=C(N)N)NC(=O)[C@@H](N)Cc1ccc(Br)cc1)C(N)=O. The van der Waals surface area contributed by atoms with Gasteiger partial charge >= 0.3 is 0 Å². The summed E-state index contributed by atoms with van der Waals surface area (Å²) in [5.41, 5.74) is 29.7. The number of unbranched alkanes of at least 4 members (excludes halogenated alkanes) is 1. The molecule has 2 aromatic carbocycles. The third-order valence-electron chi connectivity index (χ3n) is 6.81. The number of amides is 4. The van der Waals surface area contributed by atoms with Crippen molar-refractivity contribution >= 4 is 45.5 Å². The molecule has 0 aliphatic heterocycles. The summed E-state index contributed by atoms with van der Waals surface area (Å²) in [7, 11) is 0. The Morgan fingerprint density at radius 3 is 1.89 bits per heavy atom. The summed E-state index contributed by atoms with van der Waals surface area (Å²) in [6, 6.07) is 12.5. The highest BCUT2D eigenvalue weighted by Crippen LogP contribution is 2.12. The second-order valence-electron chi connectivity index (χ2n) is 10.4. The smallest absolute Gasteiger partial charge is 0.243 e. The fourth-order valence-electron chi connectivity index (χ4n) is 4.40. The van der Waals surface area contributed by atoms with Crippen LogP contribution in [0.5, 0.6) is 0 Å². The van der Waals surface area contributed by atoms with Crippen molar-refractivity contribution in [2.75, 3.05) is 13.1 Å². The van der Waals surface area contributed by atoms with Crippen LogP contribution in [0.25, 0.3) is 0 Å². The molecule has 44 heavy (non-hydrogen) atoms. The van der Waals surface area contributed by atoms with Gasteiger partial charge < -0.3 is 44.6 Å². The van der Waals surface area contributed by atoms with Gasteiger partial charge in [0.2, 0.25) is 23.6 Å². The van der Waals surface area contributed by atoms with Gasteiger partial charge in [0.1, 0.15) is 18.1 Å². The molecule has 0 aromatic heterocycles. The van der Waals surface area contributed by atoms with Crippen LogP contribution in [-0.2, 0) is 32.0 Å². The van der Waals surface area contributed by atoms with E-state index in [2.05, 4.69) is 36.9 Å². The molecule has 0 aliphatic rings. The first kappa shape index (κ1) is 36.2. The van der Waals surface area contributed by atoms with E-state index in [1.54, 1.807) is 0 Å². The van der Waals surface area contributed by atoms with Gasteiger partial charge in [-0.15, -0.1) is 0 Å². The molecule has 2 rings (SSSR count). The van der Waals surface area contributed by atoms with E-state index >= 15 is 0 Å². The standard InChI is InChI=1S/C30H44BrN9O4/c31-21-13-11-20(12-14-21)17-22(33)27(42)39-24(10-6-16-37-30(35)36)28(43)40-25(18-19-7-2-1-3-8-19)29(44)38-23(26(34)41)9-4-5-15-32/h1-3,7-8,11-14,22-25H,4-6,9-10,15-18,32-33H2,(H2,34,41)(H,38,44)(H,39,42)(H,40,43)(H4,35,36,37)/t22-,23-,24+,25-/m0/s1. The van der Waals surface area contributed by atoms with E-state index in [-0.39, 0.29) is 31.8 Å². The van der Waals surface area contributed by atoms with Crippen LogP contribution in [0.1, 0.15) is 43.2 Å². The van der Waals surface area contributed by atoms with Gasteiger partial charge in [0, 0.05) is 17.4 Å². The number of hydrogen-bond acceptors (Lipinski definition) is 7.